The van der Waals surface area contributed by atoms with Crippen molar-refractivity contribution < 1.29 is 5.11 Å². The summed E-state index contributed by atoms with van der Waals surface area (Å²) < 4.78 is 0. The van der Waals surface area contributed by atoms with E-state index in [1.807, 2.05) is 26.0 Å². The molecule has 0 aliphatic heterocycles. The molecule has 1 saturated carbocycles. The van der Waals surface area contributed by atoms with Gasteiger partial charge in [0.25, 0.3) is 0 Å². The van der Waals surface area contributed by atoms with E-state index in [0.717, 1.165) is 29.5 Å². The van der Waals surface area contributed by atoms with E-state index in [1.165, 1.54) is 12.8 Å². The quantitative estimate of drug-likeness (QED) is 0.658. The third-order valence-corrected chi connectivity index (χ3v) is 4.03. The van der Waals surface area contributed by atoms with Crippen molar-refractivity contribution >= 4 is 18.0 Å². The Morgan fingerprint density at radius 3 is 2.79 bits per heavy atom. The van der Waals surface area contributed by atoms with Crippen LogP contribution in [0.15, 0.2) is 17.1 Å². The number of phenolic OH excluding ortho intramolecular Hbond substituents is 1. The molecule has 3 nitrogen and oxygen atoms in total. The molecule has 4 heteroatoms. The Bertz CT molecular complexity index is 473. The minimum absolute atomic E-state index is 0.200. The van der Waals surface area contributed by atoms with Gasteiger partial charge in [-0.05, 0) is 55.7 Å². The summed E-state index contributed by atoms with van der Waals surface area (Å²) in [6, 6.07) is 4.36. The molecule has 0 heterocycles. The van der Waals surface area contributed by atoms with Gasteiger partial charge in [-0.3, -0.25) is 4.99 Å². The number of nitrogens with one attached hydrogen (secondary N) is 1. The zero-order valence-corrected chi connectivity index (χ0v) is 12.2. The average Bonchev–Trinajstić information content (AvgIpc) is 2.41. The first-order chi connectivity index (χ1) is 9.11. The van der Waals surface area contributed by atoms with Gasteiger partial charge in [0, 0.05) is 17.8 Å². The molecule has 0 saturated heterocycles. The van der Waals surface area contributed by atoms with Gasteiger partial charge in [0.05, 0.1) is 6.04 Å². The first-order valence-electron chi connectivity index (χ1n) is 6.81. The van der Waals surface area contributed by atoms with Gasteiger partial charge in [0.1, 0.15) is 5.75 Å². The summed E-state index contributed by atoms with van der Waals surface area (Å²) in [5, 5.41) is 10.0. The van der Waals surface area contributed by atoms with Crippen molar-refractivity contribution in [2.75, 3.05) is 0 Å². The molecule has 1 aliphatic rings. The number of hydrogen-bond donors (Lipinski definition) is 2. The third kappa shape index (κ3) is 3.48. The van der Waals surface area contributed by atoms with Crippen molar-refractivity contribution in [2.45, 2.75) is 51.6 Å². The van der Waals surface area contributed by atoms with E-state index >= 15 is 0 Å². The number of benzene rings is 1. The lowest BCUT2D eigenvalue weighted by molar-refractivity contribution is 0.369. The van der Waals surface area contributed by atoms with Crippen molar-refractivity contribution in [3.05, 3.63) is 28.8 Å². The molecule has 1 aromatic carbocycles. The van der Waals surface area contributed by atoms with Gasteiger partial charge >= 0.3 is 0 Å². The SMILES string of the molecule is Cc1cc(C)c(O)c(C=NC2CCCCC2NCl)c1. The smallest absolute Gasteiger partial charge is 0.127 e. The van der Waals surface area contributed by atoms with Gasteiger partial charge in [0.2, 0.25) is 0 Å². The second-order valence-corrected chi connectivity index (χ2v) is 5.58. The van der Waals surface area contributed by atoms with Gasteiger partial charge in [-0.2, -0.15) is 0 Å². The van der Waals surface area contributed by atoms with Crippen LogP contribution in [0.3, 0.4) is 0 Å². The number of halogens is 1. The van der Waals surface area contributed by atoms with E-state index in [0.29, 0.717) is 5.75 Å². The topological polar surface area (TPSA) is 44.6 Å². The first-order valence-corrected chi connectivity index (χ1v) is 7.19. The molecule has 1 fully saturated rings. The number of aryl methyl sites for hydroxylation is 2. The number of rotatable bonds is 3. The Hall–Kier alpha value is -1.06. The third-order valence-electron chi connectivity index (χ3n) is 3.75. The van der Waals surface area contributed by atoms with Gasteiger partial charge in [-0.1, -0.05) is 18.9 Å². The molecule has 1 aromatic rings. The molecule has 2 atom stereocenters. The van der Waals surface area contributed by atoms with E-state index in [4.69, 9.17) is 11.8 Å². The number of phenols is 1. The Balaban J connectivity index is 2.17. The highest BCUT2D eigenvalue weighted by Gasteiger charge is 2.23. The summed E-state index contributed by atoms with van der Waals surface area (Å²) in [4.78, 5) is 7.44. The molecule has 19 heavy (non-hydrogen) atoms. The summed E-state index contributed by atoms with van der Waals surface area (Å²) in [6.07, 6.45) is 6.28. The van der Waals surface area contributed by atoms with E-state index in [1.54, 1.807) is 6.21 Å². The summed E-state index contributed by atoms with van der Waals surface area (Å²) in [5.74, 6) is 0.320. The lowest BCUT2D eigenvalue weighted by Crippen LogP contribution is -2.36. The number of aromatic hydroxyl groups is 1. The molecular weight excluding hydrogens is 260 g/mol. The molecule has 0 radical (unpaired) electrons. The predicted molar refractivity (Wildman–Crippen MR) is 80.2 cm³/mol. The monoisotopic (exact) mass is 280 g/mol. The first kappa shape index (κ1) is 14.4. The van der Waals surface area contributed by atoms with E-state index in [-0.39, 0.29) is 12.1 Å². The molecule has 2 N–H and O–H groups in total. The van der Waals surface area contributed by atoms with Crippen LogP contribution in [0.4, 0.5) is 0 Å². The average molecular weight is 281 g/mol. The number of aliphatic imine (C=N–C) groups is 1. The van der Waals surface area contributed by atoms with Crippen LogP contribution in [-0.4, -0.2) is 23.4 Å². The molecule has 0 spiro atoms. The minimum Gasteiger partial charge on any atom is -0.507 e. The van der Waals surface area contributed by atoms with Crippen molar-refractivity contribution in [3.8, 4) is 5.75 Å². The number of nitrogens with zero attached hydrogens (tertiary/aromatic N) is 1. The fraction of sp³-hybridized carbons (Fsp3) is 0.533. The molecular formula is C15H21ClN2O. The molecule has 0 bridgehead atoms. The maximum absolute atomic E-state index is 10.0. The zero-order chi connectivity index (χ0) is 13.8. The van der Waals surface area contributed by atoms with Crippen LogP contribution in [0.25, 0.3) is 0 Å². The van der Waals surface area contributed by atoms with E-state index in [9.17, 15) is 5.11 Å². The number of hydrogen-bond acceptors (Lipinski definition) is 3. The van der Waals surface area contributed by atoms with E-state index < -0.39 is 0 Å². The molecule has 2 unspecified atom stereocenters. The van der Waals surface area contributed by atoms with Crippen LogP contribution in [0, 0.1) is 13.8 Å². The summed E-state index contributed by atoms with van der Waals surface area (Å²) in [5.41, 5.74) is 2.81. The predicted octanol–water partition coefficient (Wildman–Crippen LogP) is 3.48. The highest BCUT2D eigenvalue weighted by molar-refractivity contribution is 6.13. The largest absolute Gasteiger partial charge is 0.507 e. The van der Waals surface area contributed by atoms with Gasteiger partial charge in [-0.15, -0.1) is 0 Å². The van der Waals surface area contributed by atoms with E-state index in [2.05, 4.69) is 9.83 Å². The maximum atomic E-state index is 10.0. The maximum Gasteiger partial charge on any atom is 0.127 e. The van der Waals surface area contributed by atoms with Crippen LogP contribution < -0.4 is 4.84 Å². The molecule has 104 valence electrons. The van der Waals surface area contributed by atoms with Crippen molar-refractivity contribution in [3.63, 3.8) is 0 Å². The van der Waals surface area contributed by atoms with Crippen molar-refractivity contribution in [1.82, 2.24) is 4.84 Å². The zero-order valence-electron chi connectivity index (χ0n) is 11.5. The molecule has 0 aromatic heterocycles. The lowest BCUT2D eigenvalue weighted by atomic mass is 9.91. The van der Waals surface area contributed by atoms with Gasteiger partial charge in [0.15, 0.2) is 0 Å². The summed E-state index contributed by atoms with van der Waals surface area (Å²) in [7, 11) is 0. The van der Waals surface area contributed by atoms with Crippen LogP contribution in [0.2, 0.25) is 0 Å². The summed E-state index contributed by atoms with van der Waals surface area (Å²) in [6.45, 7) is 3.93. The highest BCUT2D eigenvalue weighted by atomic mass is 35.5. The van der Waals surface area contributed by atoms with Crippen molar-refractivity contribution in [1.29, 1.82) is 0 Å². The van der Waals surface area contributed by atoms with Gasteiger partial charge in [-0.25, -0.2) is 4.84 Å². The Morgan fingerprint density at radius 1 is 1.32 bits per heavy atom. The second kappa shape index (κ2) is 6.40. The standard InChI is InChI=1S/C15H21ClN2O/c1-10-7-11(2)15(19)12(8-10)9-17-13-5-3-4-6-14(13)18-16/h7-9,13-14,18-19H,3-6H2,1-2H3. The summed E-state index contributed by atoms with van der Waals surface area (Å²) >= 11 is 5.77. The lowest BCUT2D eigenvalue weighted by Gasteiger charge is -2.27. The van der Waals surface area contributed by atoms with Crippen LogP contribution in [0.1, 0.15) is 42.4 Å². The van der Waals surface area contributed by atoms with Crippen LogP contribution >= 0.6 is 11.8 Å². The normalized spacial score (nSPS) is 23.9. The fourth-order valence-corrected chi connectivity index (χ4v) is 2.94. The van der Waals surface area contributed by atoms with Crippen LogP contribution in [-0.2, 0) is 0 Å². The molecule has 1 aliphatic carbocycles. The van der Waals surface area contributed by atoms with Gasteiger partial charge < -0.3 is 5.11 Å². The molecule has 0 amide bonds. The fourth-order valence-electron chi connectivity index (χ4n) is 2.68. The Kier molecular flexibility index (Phi) is 4.83. The van der Waals surface area contributed by atoms with Crippen LogP contribution in [0.5, 0.6) is 5.75 Å². The Labute approximate surface area is 119 Å². The second-order valence-electron chi connectivity index (χ2n) is 5.37. The highest BCUT2D eigenvalue weighted by Crippen LogP contribution is 2.24. The Morgan fingerprint density at radius 2 is 2.05 bits per heavy atom. The minimum atomic E-state index is 0.200. The molecule has 2 rings (SSSR count). The van der Waals surface area contributed by atoms with Crippen molar-refractivity contribution in [2.24, 2.45) is 4.99 Å².